The van der Waals surface area contributed by atoms with Gasteiger partial charge >= 0.3 is 0 Å². The quantitative estimate of drug-likeness (QED) is 0.884. The molecule has 2 aromatic carbocycles. The lowest BCUT2D eigenvalue weighted by Crippen LogP contribution is -2.29. The molecule has 0 saturated heterocycles. The smallest absolute Gasteiger partial charge is 0.224 e. The predicted octanol–water partition coefficient (Wildman–Crippen LogP) is 3.64. The normalized spacial score (nSPS) is 11.9. The monoisotopic (exact) mass is 271 g/mol. The molecule has 1 atom stereocenters. The van der Waals surface area contributed by atoms with Crippen LogP contribution in [0, 0.1) is 5.82 Å². The van der Waals surface area contributed by atoms with E-state index in [0.29, 0.717) is 0 Å². The molecular weight excluding hydrogens is 253 g/mol. The maximum absolute atomic E-state index is 12.8. The number of carbonyl (C=O) groups is 1. The van der Waals surface area contributed by atoms with Gasteiger partial charge in [-0.1, -0.05) is 49.4 Å². The van der Waals surface area contributed by atoms with Crippen LogP contribution in [0.4, 0.5) is 4.39 Å². The summed E-state index contributed by atoms with van der Waals surface area (Å²) in [6.07, 6.45) is 1.10. The highest BCUT2D eigenvalue weighted by Gasteiger charge is 2.12. The summed E-state index contributed by atoms with van der Waals surface area (Å²) in [6.45, 7) is 2.04. The molecule has 0 aliphatic heterocycles. The van der Waals surface area contributed by atoms with Crippen molar-refractivity contribution in [3.8, 4) is 0 Å². The van der Waals surface area contributed by atoms with Crippen molar-refractivity contribution < 1.29 is 9.18 Å². The summed E-state index contributed by atoms with van der Waals surface area (Å²) >= 11 is 0. The van der Waals surface area contributed by atoms with Crippen LogP contribution >= 0.6 is 0 Å². The molecule has 0 radical (unpaired) electrons. The van der Waals surface area contributed by atoms with Gasteiger partial charge in [0.05, 0.1) is 12.5 Å². The molecule has 2 nitrogen and oxygen atoms in total. The molecule has 20 heavy (non-hydrogen) atoms. The van der Waals surface area contributed by atoms with Crippen molar-refractivity contribution in [2.75, 3.05) is 0 Å². The average molecular weight is 271 g/mol. The predicted molar refractivity (Wildman–Crippen MR) is 77.7 cm³/mol. The van der Waals surface area contributed by atoms with Crippen LogP contribution in [0.15, 0.2) is 54.6 Å². The molecule has 0 unspecified atom stereocenters. The first-order valence-electron chi connectivity index (χ1n) is 6.77. The van der Waals surface area contributed by atoms with E-state index in [4.69, 9.17) is 0 Å². The SMILES string of the molecule is CC[C@@H](NC(=O)Cc1ccc(F)cc1)c1ccccc1. The van der Waals surface area contributed by atoms with Gasteiger partial charge in [0.25, 0.3) is 0 Å². The van der Waals surface area contributed by atoms with Gasteiger partial charge in [-0.2, -0.15) is 0 Å². The van der Waals surface area contributed by atoms with Crippen molar-refractivity contribution in [1.29, 1.82) is 0 Å². The molecule has 0 saturated carbocycles. The van der Waals surface area contributed by atoms with Crippen LogP contribution in [0.2, 0.25) is 0 Å². The molecule has 0 bridgehead atoms. The zero-order valence-electron chi connectivity index (χ0n) is 11.5. The van der Waals surface area contributed by atoms with Crippen LogP contribution in [-0.2, 0) is 11.2 Å². The number of hydrogen-bond acceptors (Lipinski definition) is 1. The van der Waals surface area contributed by atoms with E-state index in [1.54, 1.807) is 12.1 Å². The minimum atomic E-state index is -0.287. The Balaban J connectivity index is 1.97. The molecule has 1 N–H and O–H groups in total. The second kappa shape index (κ2) is 6.85. The van der Waals surface area contributed by atoms with Crippen LogP contribution in [0.5, 0.6) is 0 Å². The fraction of sp³-hybridized carbons (Fsp3) is 0.235. The maximum Gasteiger partial charge on any atom is 0.224 e. The van der Waals surface area contributed by atoms with Gasteiger partial charge in [-0.15, -0.1) is 0 Å². The molecule has 0 spiro atoms. The van der Waals surface area contributed by atoms with E-state index in [1.807, 2.05) is 37.3 Å². The van der Waals surface area contributed by atoms with E-state index < -0.39 is 0 Å². The third-order valence-corrected chi connectivity index (χ3v) is 3.22. The summed E-state index contributed by atoms with van der Waals surface area (Å²) < 4.78 is 12.8. The van der Waals surface area contributed by atoms with E-state index in [9.17, 15) is 9.18 Å². The van der Waals surface area contributed by atoms with Crippen LogP contribution in [-0.4, -0.2) is 5.91 Å². The third-order valence-electron chi connectivity index (χ3n) is 3.22. The van der Waals surface area contributed by atoms with E-state index >= 15 is 0 Å². The Morgan fingerprint density at radius 1 is 1.10 bits per heavy atom. The van der Waals surface area contributed by atoms with Crippen molar-refractivity contribution in [3.63, 3.8) is 0 Å². The first kappa shape index (κ1) is 14.3. The Morgan fingerprint density at radius 2 is 1.75 bits per heavy atom. The van der Waals surface area contributed by atoms with Gasteiger partial charge in [0, 0.05) is 0 Å². The summed E-state index contributed by atoms with van der Waals surface area (Å²) in [6, 6.07) is 15.9. The van der Waals surface area contributed by atoms with Crippen LogP contribution < -0.4 is 5.32 Å². The van der Waals surface area contributed by atoms with Gasteiger partial charge < -0.3 is 5.32 Å². The van der Waals surface area contributed by atoms with Gasteiger partial charge in [-0.05, 0) is 29.7 Å². The topological polar surface area (TPSA) is 29.1 Å². The second-order valence-corrected chi connectivity index (χ2v) is 4.74. The minimum Gasteiger partial charge on any atom is -0.349 e. The number of rotatable bonds is 5. The molecule has 0 aliphatic rings. The average Bonchev–Trinajstić information content (AvgIpc) is 2.48. The Bertz CT molecular complexity index is 551. The molecule has 1 amide bonds. The molecule has 0 aromatic heterocycles. The molecule has 0 heterocycles. The van der Waals surface area contributed by atoms with Crippen molar-refractivity contribution >= 4 is 5.91 Å². The lowest BCUT2D eigenvalue weighted by molar-refractivity contribution is -0.121. The zero-order chi connectivity index (χ0) is 14.4. The Labute approximate surface area is 118 Å². The third kappa shape index (κ3) is 3.92. The van der Waals surface area contributed by atoms with Gasteiger partial charge in [-0.3, -0.25) is 4.79 Å². The Kier molecular flexibility index (Phi) is 4.88. The molecular formula is C17H18FNO. The van der Waals surface area contributed by atoms with Crippen molar-refractivity contribution in [2.45, 2.75) is 25.8 Å². The number of carbonyl (C=O) groups excluding carboxylic acids is 1. The number of benzene rings is 2. The molecule has 104 valence electrons. The highest BCUT2D eigenvalue weighted by atomic mass is 19.1. The second-order valence-electron chi connectivity index (χ2n) is 4.74. The highest BCUT2D eigenvalue weighted by Crippen LogP contribution is 2.16. The lowest BCUT2D eigenvalue weighted by atomic mass is 10.0. The van der Waals surface area contributed by atoms with Crippen molar-refractivity contribution in [1.82, 2.24) is 5.32 Å². The van der Waals surface area contributed by atoms with E-state index in [0.717, 1.165) is 17.5 Å². The number of amides is 1. The largest absolute Gasteiger partial charge is 0.349 e. The lowest BCUT2D eigenvalue weighted by Gasteiger charge is -2.17. The molecule has 0 aliphatic carbocycles. The summed E-state index contributed by atoms with van der Waals surface area (Å²) in [5.74, 6) is -0.336. The Hall–Kier alpha value is -2.16. The van der Waals surface area contributed by atoms with Gasteiger partial charge in [-0.25, -0.2) is 4.39 Å². The summed E-state index contributed by atoms with van der Waals surface area (Å²) in [5.41, 5.74) is 1.91. The van der Waals surface area contributed by atoms with E-state index in [-0.39, 0.29) is 24.2 Å². The van der Waals surface area contributed by atoms with Crippen LogP contribution in [0.1, 0.15) is 30.5 Å². The van der Waals surface area contributed by atoms with Crippen molar-refractivity contribution in [2.24, 2.45) is 0 Å². The van der Waals surface area contributed by atoms with E-state index in [2.05, 4.69) is 5.32 Å². The molecule has 2 rings (SSSR count). The van der Waals surface area contributed by atoms with E-state index in [1.165, 1.54) is 12.1 Å². The molecule has 3 heteroatoms. The number of nitrogens with one attached hydrogen (secondary N) is 1. The number of halogens is 1. The zero-order valence-corrected chi connectivity index (χ0v) is 11.5. The van der Waals surface area contributed by atoms with Crippen LogP contribution in [0.25, 0.3) is 0 Å². The minimum absolute atomic E-state index is 0.0177. The Morgan fingerprint density at radius 3 is 2.35 bits per heavy atom. The fourth-order valence-electron chi connectivity index (χ4n) is 2.14. The summed E-state index contributed by atoms with van der Waals surface area (Å²) in [4.78, 5) is 12.0. The maximum atomic E-state index is 12.8. The highest BCUT2D eigenvalue weighted by molar-refractivity contribution is 5.79. The molecule has 0 fully saturated rings. The number of hydrogen-bond donors (Lipinski definition) is 1. The fourth-order valence-corrected chi connectivity index (χ4v) is 2.14. The van der Waals surface area contributed by atoms with Crippen LogP contribution in [0.3, 0.4) is 0 Å². The summed E-state index contributed by atoms with van der Waals surface area (Å²) in [7, 11) is 0. The summed E-state index contributed by atoms with van der Waals surface area (Å²) in [5, 5.41) is 3.01. The first-order valence-corrected chi connectivity index (χ1v) is 6.77. The standard InChI is InChI=1S/C17H18FNO/c1-2-16(14-6-4-3-5-7-14)19-17(20)12-13-8-10-15(18)11-9-13/h3-11,16H,2,12H2,1H3,(H,19,20)/t16-/m1/s1. The first-order chi connectivity index (χ1) is 9.69. The van der Waals surface area contributed by atoms with Gasteiger partial charge in [0.1, 0.15) is 5.82 Å². The molecule has 2 aromatic rings. The van der Waals surface area contributed by atoms with Gasteiger partial charge in [0.2, 0.25) is 5.91 Å². The van der Waals surface area contributed by atoms with Gasteiger partial charge in [0.15, 0.2) is 0 Å². The van der Waals surface area contributed by atoms with Crippen molar-refractivity contribution in [3.05, 3.63) is 71.5 Å².